The molecule has 5 saturated carbocycles. The Morgan fingerprint density at radius 3 is 2.33 bits per heavy atom. The lowest BCUT2D eigenvalue weighted by atomic mass is 9.32. The molecule has 0 heterocycles. The van der Waals surface area contributed by atoms with Gasteiger partial charge in [0.15, 0.2) is 0 Å². The van der Waals surface area contributed by atoms with E-state index in [4.69, 9.17) is 4.74 Å². The van der Waals surface area contributed by atoms with E-state index in [1.165, 1.54) is 25.5 Å². The molecule has 1 amide bonds. The highest BCUT2D eigenvalue weighted by Gasteiger charge is 2.72. The molecule has 0 saturated heterocycles. The van der Waals surface area contributed by atoms with Crippen molar-refractivity contribution in [3.63, 3.8) is 0 Å². The van der Waals surface area contributed by atoms with Crippen LogP contribution >= 0.6 is 11.8 Å². The third kappa shape index (κ3) is 4.41. The van der Waals surface area contributed by atoms with Crippen molar-refractivity contribution >= 4 is 29.4 Å². The van der Waals surface area contributed by atoms with Crippen LogP contribution in [0.5, 0.6) is 0 Å². The number of ketones is 1. The summed E-state index contributed by atoms with van der Waals surface area (Å²) in [6, 6.07) is -0.594. The Balaban J connectivity index is 1.50. The number of esters is 1. The minimum absolute atomic E-state index is 0.0743. The summed E-state index contributed by atoms with van der Waals surface area (Å²) in [5, 5.41) is 3.24. The molecule has 236 valence electrons. The number of carbonyl (C=O) groups excluding carboxylic acids is 3. The number of carbonyl (C=O) groups is 3. The van der Waals surface area contributed by atoms with E-state index in [2.05, 4.69) is 53.4 Å². The van der Waals surface area contributed by atoms with Crippen molar-refractivity contribution in [3.05, 3.63) is 12.2 Å². The van der Waals surface area contributed by atoms with E-state index in [0.29, 0.717) is 42.3 Å². The van der Waals surface area contributed by atoms with Crippen LogP contribution in [0, 0.1) is 56.7 Å². The molecule has 4 unspecified atom stereocenters. The lowest BCUT2D eigenvalue weighted by molar-refractivity contribution is -0.233. The first-order valence-electron chi connectivity index (χ1n) is 16.7. The van der Waals surface area contributed by atoms with E-state index in [-0.39, 0.29) is 39.5 Å². The van der Waals surface area contributed by atoms with Crippen LogP contribution in [0.3, 0.4) is 0 Å². The second-order valence-corrected chi connectivity index (χ2v) is 17.3. The summed E-state index contributed by atoms with van der Waals surface area (Å²) in [5.74, 6) is 3.07. The lowest BCUT2D eigenvalue weighted by Gasteiger charge is -2.72. The van der Waals surface area contributed by atoms with Gasteiger partial charge in [-0.1, -0.05) is 46.8 Å². The fraction of sp³-hybridized carbons (Fsp3) is 0.861. The summed E-state index contributed by atoms with van der Waals surface area (Å²) < 4.78 is 5.12. The number of Topliss-reactive ketones (excluding diaryl/α,β-unsaturated/α-hetero) is 1. The molecule has 6 heteroatoms. The molecule has 5 nitrogen and oxygen atoms in total. The van der Waals surface area contributed by atoms with Gasteiger partial charge in [-0.05, 0) is 129 Å². The molecular formula is C36H57NO4S. The molecule has 0 spiro atoms. The van der Waals surface area contributed by atoms with Crippen LogP contribution in [-0.2, 0) is 19.1 Å². The molecule has 1 N–H and O–H groups in total. The average molecular weight is 600 g/mol. The van der Waals surface area contributed by atoms with Crippen LogP contribution in [0.25, 0.3) is 0 Å². The van der Waals surface area contributed by atoms with Gasteiger partial charge in [0.05, 0.1) is 12.5 Å². The summed E-state index contributed by atoms with van der Waals surface area (Å²) in [4.78, 5) is 40.3. The number of allylic oxidation sites excluding steroid dienone is 1. The molecule has 0 aromatic rings. The van der Waals surface area contributed by atoms with Crippen molar-refractivity contribution < 1.29 is 19.1 Å². The summed E-state index contributed by atoms with van der Waals surface area (Å²) in [6.45, 7) is 18.8. The third-order valence-corrected chi connectivity index (χ3v) is 15.3. The first-order chi connectivity index (χ1) is 19.6. The van der Waals surface area contributed by atoms with E-state index in [1.54, 1.807) is 11.8 Å². The van der Waals surface area contributed by atoms with Gasteiger partial charge in [0.2, 0.25) is 5.91 Å². The predicted octanol–water partition coefficient (Wildman–Crippen LogP) is 7.62. The zero-order valence-corrected chi connectivity index (χ0v) is 28.5. The highest BCUT2D eigenvalue weighted by molar-refractivity contribution is 7.98. The van der Waals surface area contributed by atoms with Crippen LogP contribution < -0.4 is 5.32 Å². The molecule has 5 aliphatic carbocycles. The van der Waals surface area contributed by atoms with Crippen LogP contribution in [0.1, 0.15) is 112 Å². The minimum atomic E-state index is -0.594. The third-order valence-electron chi connectivity index (χ3n) is 14.7. The van der Waals surface area contributed by atoms with Crippen LogP contribution in [0.15, 0.2) is 12.2 Å². The quantitative estimate of drug-likeness (QED) is 0.241. The second-order valence-electron chi connectivity index (χ2n) is 16.3. The highest BCUT2D eigenvalue weighted by atomic mass is 32.2. The molecule has 5 fully saturated rings. The molecule has 5 aliphatic rings. The zero-order chi connectivity index (χ0) is 30.9. The molecule has 42 heavy (non-hydrogen) atoms. The molecule has 0 radical (unpaired) electrons. The fourth-order valence-corrected chi connectivity index (χ4v) is 12.7. The molecule has 0 bridgehead atoms. The Morgan fingerprint density at radius 1 is 0.976 bits per heavy atom. The standard InChI is InChI=1S/C36H57NO4S/c1-22(2)23-12-18-36(31(40)37-25(15-21-42-9)30(39)41-8)20-19-34(6)24(29(23)36)10-11-27-33(5)16-14-28(38)32(3,4)26(33)13-17-35(27,34)7/h23-27,29H,1,10-21H2,2-9H3,(H,37,40)/t23-,24?,25-,26?,27?,29?,33-,34-,35+,36-/m0/s1. The Kier molecular flexibility index (Phi) is 8.37. The van der Waals surface area contributed by atoms with E-state index < -0.39 is 11.5 Å². The number of fused-ring (bicyclic) bond motifs is 7. The summed E-state index contributed by atoms with van der Waals surface area (Å²) in [5.41, 5.74) is 0.996. The predicted molar refractivity (Wildman–Crippen MR) is 171 cm³/mol. The smallest absolute Gasteiger partial charge is 0.328 e. The average Bonchev–Trinajstić information content (AvgIpc) is 3.34. The maximum Gasteiger partial charge on any atom is 0.328 e. The van der Waals surface area contributed by atoms with Crippen molar-refractivity contribution in [1.29, 1.82) is 0 Å². The number of thioether (sulfide) groups is 1. The number of methoxy groups -OCH3 is 1. The minimum Gasteiger partial charge on any atom is -0.467 e. The maximum atomic E-state index is 14.5. The number of rotatable bonds is 7. The monoisotopic (exact) mass is 599 g/mol. The SMILES string of the molecule is C=C(C)[C@@H]1CC[C@]2(C(=O)N[C@@H](CCSC)C(=O)OC)CC[C@@]3(C)C(CCC4[C@@]5(C)CCC(=O)C(C)(C)C5CC[C@]43C)C12. The van der Waals surface area contributed by atoms with Gasteiger partial charge in [-0.25, -0.2) is 4.79 Å². The molecule has 0 aromatic carbocycles. The van der Waals surface area contributed by atoms with Gasteiger partial charge >= 0.3 is 5.97 Å². The highest BCUT2D eigenvalue weighted by Crippen LogP contribution is 2.77. The van der Waals surface area contributed by atoms with Gasteiger partial charge < -0.3 is 10.1 Å². The van der Waals surface area contributed by atoms with E-state index >= 15 is 0 Å². The van der Waals surface area contributed by atoms with Gasteiger partial charge in [0.1, 0.15) is 11.8 Å². The fourth-order valence-electron chi connectivity index (χ4n) is 12.3. The van der Waals surface area contributed by atoms with Gasteiger partial charge in [-0.15, -0.1) is 0 Å². The topological polar surface area (TPSA) is 72.5 Å². The maximum absolute atomic E-state index is 14.5. The van der Waals surface area contributed by atoms with E-state index in [1.807, 2.05) is 6.26 Å². The molecule has 10 atom stereocenters. The van der Waals surface area contributed by atoms with Crippen molar-refractivity contribution in [2.45, 2.75) is 118 Å². The van der Waals surface area contributed by atoms with Crippen molar-refractivity contribution in [2.24, 2.45) is 56.7 Å². The van der Waals surface area contributed by atoms with Crippen molar-refractivity contribution in [1.82, 2.24) is 5.32 Å². The largest absolute Gasteiger partial charge is 0.467 e. The number of ether oxygens (including phenoxy) is 1. The van der Waals surface area contributed by atoms with Crippen LogP contribution in [0.2, 0.25) is 0 Å². The molecular weight excluding hydrogens is 542 g/mol. The van der Waals surface area contributed by atoms with Gasteiger partial charge in [-0.2, -0.15) is 11.8 Å². The summed E-state index contributed by atoms with van der Waals surface area (Å²) >= 11 is 1.68. The van der Waals surface area contributed by atoms with Crippen LogP contribution in [0.4, 0.5) is 0 Å². The van der Waals surface area contributed by atoms with Crippen molar-refractivity contribution in [3.8, 4) is 0 Å². The molecule has 0 aliphatic heterocycles. The first kappa shape index (κ1) is 32.1. The van der Waals surface area contributed by atoms with Gasteiger partial charge in [0.25, 0.3) is 0 Å². The Labute approximate surface area is 259 Å². The van der Waals surface area contributed by atoms with Crippen molar-refractivity contribution in [2.75, 3.05) is 19.1 Å². The Morgan fingerprint density at radius 2 is 1.69 bits per heavy atom. The second kappa shape index (κ2) is 10.9. The van der Waals surface area contributed by atoms with Gasteiger partial charge in [-0.3, -0.25) is 9.59 Å². The zero-order valence-electron chi connectivity index (χ0n) is 27.7. The molecule has 0 aromatic heterocycles. The lowest BCUT2D eigenvalue weighted by Crippen LogP contribution is -2.67. The number of hydrogen-bond donors (Lipinski definition) is 1. The van der Waals surface area contributed by atoms with E-state index in [9.17, 15) is 14.4 Å². The van der Waals surface area contributed by atoms with Crippen LogP contribution in [-0.4, -0.2) is 42.8 Å². The Bertz CT molecular complexity index is 1130. The summed E-state index contributed by atoms with van der Waals surface area (Å²) in [6.07, 6.45) is 12.8. The van der Waals surface area contributed by atoms with Gasteiger partial charge in [0, 0.05) is 11.8 Å². The van der Waals surface area contributed by atoms with E-state index in [0.717, 1.165) is 50.7 Å². The normalized spacial score (nSPS) is 44.6. The Hall–Kier alpha value is -1.30. The number of hydrogen-bond acceptors (Lipinski definition) is 5. The number of amides is 1. The first-order valence-corrected chi connectivity index (χ1v) is 18.1. The summed E-state index contributed by atoms with van der Waals surface area (Å²) in [7, 11) is 1.41. The number of nitrogens with one attached hydrogen (secondary N) is 1. The molecule has 5 rings (SSSR count).